The van der Waals surface area contributed by atoms with E-state index in [1.165, 1.54) is 0 Å². The number of H-pyrrole nitrogens is 1. The molecule has 3 heterocycles. The fraction of sp³-hybridized carbons (Fsp3) is 0.200. The average molecular weight is 457 g/mol. The van der Waals surface area contributed by atoms with Gasteiger partial charge in [-0.3, -0.25) is 9.89 Å². The van der Waals surface area contributed by atoms with Crippen LogP contribution in [0.5, 0.6) is 0 Å². The lowest BCUT2D eigenvalue weighted by Crippen LogP contribution is -2.35. The first kappa shape index (κ1) is 19.8. The summed E-state index contributed by atoms with van der Waals surface area (Å²) >= 11 is 12.1. The van der Waals surface area contributed by atoms with Crippen LogP contribution >= 0.6 is 23.2 Å². The van der Waals surface area contributed by atoms with E-state index in [4.69, 9.17) is 28.9 Å². The van der Waals surface area contributed by atoms with Gasteiger partial charge >= 0.3 is 0 Å². The van der Waals surface area contributed by atoms with Gasteiger partial charge in [0.1, 0.15) is 5.69 Å². The summed E-state index contributed by atoms with van der Waals surface area (Å²) in [6.45, 7) is 0.603. The summed E-state index contributed by atoms with van der Waals surface area (Å²) in [5.74, 6) is 0.306. The first-order valence-electron chi connectivity index (χ1n) is 9.63. The lowest BCUT2D eigenvalue weighted by Gasteiger charge is -2.12. The molecule has 0 unspecified atom stereocenters. The number of amides is 1. The number of aromatic nitrogens is 5. The van der Waals surface area contributed by atoms with Crippen LogP contribution in [-0.4, -0.2) is 43.7 Å². The minimum atomic E-state index is -0.367. The van der Waals surface area contributed by atoms with Crippen molar-refractivity contribution >= 4 is 51.5 Å². The minimum absolute atomic E-state index is 0.00391. The van der Waals surface area contributed by atoms with Gasteiger partial charge in [-0.1, -0.05) is 34.5 Å². The van der Waals surface area contributed by atoms with Gasteiger partial charge in [0.2, 0.25) is 5.91 Å². The summed E-state index contributed by atoms with van der Waals surface area (Å²) in [5.41, 5.74) is 8.83. The monoisotopic (exact) mass is 456 g/mol. The molecule has 31 heavy (non-hydrogen) atoms. The maximum absolute atomic E-state index is 12.7. The molecule has 1 aliphatic rings. The molecule has 5 rings (SSSR count). The lowest BCUT2D eigenvalue weighted by molar-refractivity contribution is -0.117. The third-order valence-electron chi connectivity index (χ3n) is 5.39. The number of aromatic amines is 1. The number of anilines is 2. The average Bonchev–Trinajstić information content (AvgIpc) is 3.49. The quantitative estimate of drug-likeness (QED) is 0.373. The standard InChI is InChI=1S/C20H18Cl2N8O/c21-11-2-4-15(14(22)6-11)25-20(31)17-7-12(8-24-17)30-9-18(27-29-30)10-1-3-13-16(5-10)26-28-19(13)23/h1-6,9,12,17,24H,7-8H2,(H,25,31)(H3,23,26,28)/t12-,17-/m0/s1. The van der Waals surface area contributed by atoms with Gasteiger partial charge in [-0.05, 0) is 36.8 Å². The van der Waals surface area contributed by atoms with E-state index < -0.39 is 0 Å². The molecule has 0 saturated carbocycles. The number of nitrogen functional groups attached to an aromatic ring is 1. The number of hydrogen-bond acceptors (Lipinski definition) is 6. The molecule has 2 atom stereocenters. The van der Waals surface area contributed by atoms with Crippen LogP contribution in [0.3, 0.4) is 0 Å². The van der Waals surface area contributed by atoms with Crippen molar-refractivity contribution < 1.29 is 4.79 Å². The topological polar surface area (TPSA) is 127 Å². The molecule has 9 nitrogen and oxygen atoms in total. The van der Waals surface area contributed by atoms with Crippen LogP contribution < -0.4 is 16.4 Å². The number of nitrogens with two attached hydrogens (primary N) is 1. The van der Waals surface area contributed by atoms with Crippen LogP contribution in [0.1, 0.15) is 12.5 Å². The first-order valence-corrected chi connectivity index (χ1v) is 10.4. The Balaban J connectivity index is 1.27. The van der Waals surface area contributed by atoms with Gasteiger partial charge in [0.05, 0.1) is 34.5 Å². The Bertz CT molecular complexity index is 1280. The van der Waals surface area contributed by atoms with Crippen molar-refractivity contribution in [3.05, 3.63) is 52.6 Å². The molecule has 0 spiro atoms. The maximum Gasteiger partial charge on any atom is 0.241 e. The predicted octanol–water partition coefficient (Wildman–Crippen LogP) is 3.25. The van der Waals surface area contributed by atoms with E-state index in [1.807, 2.05) is 24.4 Å². The number of hydrogen-bond donors (Lipinski definition) is 4. The molecule has 0 radical (unpaired) electrons. The molecule has 4 aromatic rings. The molecular formula is C20H18Cl2N8O. The lowest BCUT2D eigenvalue weighted by atomic mass is 10.1. The van der Waals surface area contributed by atoms with Gasteiger partial charge < -0.3 is 16.4 Å². The zero-order valence-electron chi connectivity index (χ0n) is 16.1. The Kier molecular flexibility index (Phi) is 5.01. The van der Waals surface area contributed by atoms with Crippen molar-refractivity contribution in [1.29, 1.82) is 0 Å². The second-order valence-corrected chi connectivity index (χ2v) is 8.26. The van der Waals surface area contributed by atoms with Crippen LogP contribution in [0.25, 0.3) is 22.2 Å². The highest BCUT2D eigenvalue weighted by molar-refractivity contribution is 6.36. The highest BCUT2D eigenvalue weighted by Crippen LogP contribution is 2.28. The molecule has 2 aromatic carbocycles. The maximum atomic E-state index is 12.7. The van der Waals surface area contributed by atoms with E-state index >= 15 is 0 Å². The van der Waals surface area contributed by atoms with Gasteiger partial charge in [0.15, 0.2) is 5.82 Å². The van der Waals surface area contributed by atoms with Crippen molar-refractivity contribution in [2.75, 3.05) is 17.6 Å². The van der Waals surface area contributed by atoms with Crippen molar-refractivity contribution in [3.8, 4) is 11.3 Å². The zero-order valence-corrected chi connectivity index (χ0v) is 17.7. The van der Waals surface area contributed by atoms with E-state index in [2.05, 4.69) is 31.1 Å². The fourth-order valence-corrected chi connectivity index (χ4v) is 4.17. The number of fused-ring (bicyclic) bond motifs is 1. The van der Waals surface area contributed by atoms with Crippen LogP contribution in [-0.2, 0) is 4.79 Å². The normalized spacial score (nSPS) is 18.5. The Morgan fingerprint density at radius 1 is 1.23 bits per heavy atom. The SMILES string of the molecule is Nc1n[nH]c2cc(-c3cn([C@@H]4CN[C@H](C(=O)Nc5ccc(Cl)cc5Cl)C4)nn3)ccc12. The molecule has 0 bridgehead atoms. The Labute approximate surface area is 186 Å². The van der Waals surface area contributed by atoms with E-state index in [-0.39, 0.29) is 18.0 Å². The van der Waals surface area contributed by atoms with Crippen LogP contribution in [0.15, 0.2) is 42.6 Å². The summed E-state index contributed by atoms with van der Waals surface area (Å²) in [6, 6.07) is 10.4. The minimum Gasteiger partial charge on any atom is -0.382 e. The predicted molar refractivity (Wildman–Crippen MR) is 120 cm³/mol. The van der Waals surface area contributed by atoms with Gasteiger partial charge in [-0.25, -0.2) is 4.68 Å². The summed E-state index contributed by atoms with van der Waals surface area (Å²) in [6.07, 6.45) is 2.46. The number of carbonyl (C=O) groups is 1. The summed E-state index contributed by atoms with van der Waals surface area (Å²) in [7, 11) is 0. The molecule has 1 fully saturated rings. The number of rotatable bonds is 4. The van der Waals surface area contributed by atoms with Crippen molar-refractivity contribution in [2.24, 2.45) is 0 Å². The number of halogens is 2. The van der Waals surface area contributed by atoms with Crippen LogP contribution in [0, 0.1) is 0 Å². The molecule has 11 heteroatoms. The number of carbonyl (C=O) groups excluding carboxylic acids is 1. The van der Waals surface area contributed by atoms with Gasteiger partial charge in [0, 0.05) is 22.5 Å². The van der Waals surface area contributed by atoms with Gasteiger partial charge in [0.25, 0.3) is 0 Å². The molecule has 0 aliphatic carbocycles. The smallest absolute Gasteiger partial charge is 0.241 e. The number of nitrogens with one attached hydrogen (secondary N) is 3. The second-order valence-electron chi connectivity index (χ2n) is 7.42. The fourth-order valence-electron chi connectivity index (χ4n) is 3.72. The summed E-state index contributed by atoms with van der Waals surface area (Å²) in [5, 5.41) is 23.3. The molecule has 2 aromatic heterocycles. The van der Waals surface area contributed by atoms with Gasteiger partial charge in [-0.15, -0.1) is 5.10 Å². The van der Waals surface area contributed by atoms with E-state index in [9.17, 15) is 4.79 Å². The second kappa shape index (κ2) is 7.84. The summed E-state index contributed by atoms with van der Waals surface area (Å²) in [4.78, 5) is 12.7. The highest BCUT2D eigenvalue weighted by atomic mass is 35.5. The van der Waals surface area contributed by atoms with Crippen LogP contribution in [0.2, 0.25) is 10.0 Å². The zero-order chi connectivity index (χ0) is 21.5. The molecule has 1 saturated heterocycles. The van der Waals surface area contributed by atoms with E-state index in [1.54, 1.807) is 22.9 Å². The molecule has 5 N–H and O–H groups in total. The van der Waals surface area contributed by atoms with E-state index in [0.29, 0.717) is 34.5 Å². The van der Waals surface area contributed by atoms with Gasteiger partial charge in [-0.2, -0.15) is 5.10 Å². The van der Waals surface area contributed by atoms with Crippen LogP contribution in [0.4, 0.5) is 11.5 Å². The molecule has 1 aliphatic heterocycles. The molecule has 1 amide bonds. The van der Waals surface area contributed by atoms with Crippen molar-refractivity contribution in [3.63, 3.8) is 0 Å². The Hall–Kier alpha value is -3.14. The Morgan fingerprint density at radius 2 is 2.10 bits per heavy atom. The number of nitrogens with zero attached hydrogens (tertiary/aromatic N) is 4. The third kappa shape index (κ3) is 3.83. The first-order chi connectivity index (χ1) is 15.0. The number of benzene rings is 2. The highest BCUT2D eigenvalue weighted by Gasteiger charge is 2.31. The third-order valence-corrected chi connectivity index (χ3v) is 5.93. The van der Waals surface area contributed by atoms with Crippen molar-refractivity contribution in [2.45, 2.75) is 18.5 Å². The largest absolute Gasteiger partial charge is 0.382 e. The summed E-state index contributed by atoms with van der Waals surface area (Å²) < 4.78 is 1.79. The van der Waals surface area contributed by atoms with Crippen molar-refractivity contribution in [1.82, 2.24) is 30.5 Å². The molecule has 158 valence electrons. The molecular weight excluding hydrogens is 439 g/mol. The Morgan fingerprint density at radius 3 is 2.94 bits per heavy atom. The van der Waals surface area contributed by atoms with E-state index in [0.717, 1.165) is 22.2 Å².